The third kappa shape index (κ3) is 2.60. The first-order valence-electron chi connectivity index (χ1n) is 4.79. The highest BCUT2D eigenvalue weighted by atomic mass is 15.1. The molecule has 1 aromatic rings. The van der Waals surface area contributed by atoms with Gasteiger partial charge in [0.05, 0.1) is 0 Å². The van der Waals surface area contributed by atoms with Crippen LogP contribution in [-0.4, -0.2) is 14.1 Å². The molecule has 0 aliphatic heterocycles. The van der Waals surface area contributed by atoms with E-state index in [1.54, 1.807) is 0 Å². The molecule has 0 radical (unpaired) electrons. The zero-order chi connectivity index (χ0) is 10.6. The average molecular weight is 190 g/mol. The van der Waals surface area contributed by atoms with Crippen molar-refractivity contribution in [2.45, 2.75) is 12.5 Å². The van der Waals surface area contributed by atoms with Crippen LogP contribution in [0.25, 0.3) is 0 Å². The van der Waals surface area contributed by atoms with Gasteiger partial charge in [0.2, 0.25) is 0 Å². The van der Waals surface area contributed by atoms with Crippen LogP contribution < -0.4 is 10.6 Å². The van der Waals surface area contributed by atoms with Crippen LogP contribution in [0.2, 0.25) is 0 Å². The maximum atomic E-state index is 5.98. The second kappa shape index (κ2) is 4.82. The molecule has 0 heterocycles. The fraction of sp³-hybridized carbons (Fsp3) is 0.333. The number of nitrogens with zero attached hydrogens (tertiary/aromatic N) is 1. The van der Waals surface area contributed by atoms with E-state index in [9.17, 15) is 0 Å². The summed E-state index contributed by atoms with van der Waals surface area (Å²) >= 11 is 0. The highest BCUT2D eigenvalue weighted by molar-refractivity contribution is 5.47. The molecule has 0 aliphatic carbocycles. The van der Waals surface area contributed by atoms with E-state index < -0.39 is 0 Å². The zero-order valence-electron chi connectivity index (χ0n) is 8.90. The molecule has 0 saturated heterocycles. The molecule has 2 nitrogen and oxygen atoms in total. The summed E-state index contributed by atoms with van der Waals surface area (Å²) in [5, 5.41) is 0. The Kier molecular flexibility index (Phi) is 3.72. The van der Waals surface area contributed by atoms with Gasteiger partial charge in [-0.05, 0) is 24.1 Å². The van der Waals surface area contributed by atoms with Crippen molar-refractivity contribution in [1.29, 1.82) is 0 Å². The second-order valence-electron chi connectivity index (χ2n) is 3.62. The lowest BCUT2D eigenvalue weighted by Crippen LogP contribution is -2.12. The Hall–Kier alpha value is -1.28. The van der Waals surface area contributed by atoms with Crippen LogP contribution in [-0.2, 0) is 0 Å². The topological polar surface area (TPSA) is 29.3 Å². The molecule has 0 saturated carbocycles. The van der Waals surface area contributed by atoms with Crippen molar-refractivity contribution in [3.8, 4) is 0 Å². The minimum Gasteiger partial charge on any atom is -0.378 e. The summed E-state index contributed by atoms with van der Waals surface area (Å²) < 4.78 is 0. The van der Waals surface area contributed by atoms with E-state index in [4.69, 9.17) is 5.73 Å². The van der Waals surface area contributed by atoms with Gasteiger partial charge in [0, 0.05) is 25.8 Å². The molecule has 2 heteroatoms. The maximum absolute atomic E-state index is 5.98. The van der Waals surface area contributed by atoms with Gasteiger partial charge in [-0.2, -0.15) is 0 Å². The van der Waals surface area contributed by atoms with E-state index in [0.29, 0.717) is 0 Å². The van der Waals surface area contributed by atoms with E-state index in [2.05, 4.69) is 29.7 Å². The summed E-state index contributed by atoms with van der Waals surface area (Å²) in [4.78, 5) is 2.07. The van der Waals surface area contributed by atoms with Crippen molar-refractivity contribution in [1.82, 2.24) is 0 Å². The van der Waals surface area contributed by atoms with Crippen LogP contribution >= 0.6 is 0 Å². The van der Waals surface area contributed by atoms with Crippen LogP contribution in [0.15, 0.2) is 36.9 Å². The van der Waals surface area contributed by atoms with Gasteiger partial charge in [0.15, 0.2) is 0 Å². The summed E-state index contributed by atoms with van der Waals surface area (Å²) in [5.74, 6) is 0. The van der Waals surface area contributed by atoms with Crippen LogP contribution in [0.1, 0.15) is 18.0 Å². The van der Waals surface area contributed by atoms with Crippen LogP contribution in [0.4, 0.5) is 5.69 Å². The highest BCUT2D eigenvalue weighted by Crippen LogP contribution is 2.19. The largest absolute Gasteiger partial charge is 0.378 e. The quantitative estimate of drug-likeness (QED) is 0.738. The molecule has 0 fully saturated rings. The Morgan fingerprint density at radius 3 is 2.79 bits per heavy atom. The minimum atomic E-state index is 0.0624. The molecule has 0 aliphatic rings. The predicted molar refractivity (Wildman–Crippen MR) is 62.5 cm³/mol. The molecule has 1 aromatic carbocycles. The van der Waals surface area contributed by atoms with Gasteiger partial charge < -0.3 is 10.6 Å². The Labute approximate surface area is 86.0 Å². The van der Waals surface area contributed by atoms with E-state index in [1.165, 1.54) is 5.69 Å². The number of benzene rings is 1. The molecule has 0 spiro atoms. The first-order chi connectivity index (χ1) is 6.65. The van der Waals surface area contributed by atoms with Gasteiger partial charge in [-0.15, -0.1) is 6.58 Å². The SMILES string of the molecule is C=CC[C@@H](N)c1cccc(N(C)C)c1. The molecule has 76 valence electrons. The summed E-state index contributed by atoms with van der Waals surface area (Å²) in [5.41, 5.74) is 8.33. The lowest BCUT2D eigenvalue weighted by molar-refractivity contribution is 0.741. The molecular weight excluding hydrogens is 172 g/mol. The van der Waals surface area contributed by atoms with E-state index in [1.807, 2.05) is 26.2 Å². The molecule has 0 bridgehead atoms. The van der Waals surface area contributed by atoms with Gasteiger partial charge in [0.1, 0.15) is 0 Å². The van der Waals surface area contributed by atoms with Gasteiger partial charge >= 0.3 is 0 Å². The van der Waals surface area contributed by atoms with Crippen molar-refractivity contribution < 1.29 is 0 Å². The maximum Gasteiger partial charge on any atom is 0.0364 e. The van der Waals surface area contributed by atoms with Gasteiger partial charge in [-0.1, -0.05) is 18.2 Å². The van der Waals surface area contributed by atoms with Crippen molar-refractivity contribution in [3.63, 3.8) is 0 Å². The Morgan fingerprint density at radius 2 is 2.21 bits per heavy atom. The molecule has 1 rings (SSSR count). The van der Waals surface area contributed by atoms with E-state index in [0.717, 1.165) is 12.0 Å². The van der Waals surface area contributed by atoms with Crippen molar-refractivity contribution in [3.05, 3.63) is 42.5 Å². The average Bonchev–Trinajstić information content (AvgIpc) is 2.18. The molecular formula is C12H18N2. The molecule has 0 unspecified atom stereocenters. The predicted octanol–water partition coefficient (Wildman–Crippen LogP) is 2.33. The van der Waals surface area contributed by atoms with Gasteiger partial charge in [-0.3, -0.25) is 0 Å². The second-order valence-corrected chi connectivity index (χ2v) is 3.62. The van der Waals surface area contributed by atoms with Crippen LogP contribution in [0.5, 0.6) is 0 Å². The zero-order valence-corrected chi connectivity index (χ0v) is 8.90. The molecule has 0 amide bonds. The summed E-state index contributed by atoms with van der Waals surface area (Å²) in [7, 11) is 4.05. The fourth-order valence-corrected chi connectivity index (χ4v) is 1.35. The Bertz CT molecular complexity index is 305. The lowest BCUT2D eigenvalue weighted by atomic mass is 10.0. The van der Waals surface area contributed by atoms with Crippen molar-refractivity contribution in [2.75, 3.05) is 19.0 Å². The number of hydrogen-bond donors (Lipinski definition) is 1. The summed E-state index contributed by atoms with van der Waals surface area (Å²) in [6.07, 6.45) is 2.67. The third-order valence-corrected chi connectivity index (χ3v) is 2.24. The van der Waals surface area contributed by atoms with E-state index in [-0.39, 0.29) is 6.04 Å². The standard InChI is InChI=1S/C12H18N2/c1-4-6-12(13)10-7-5-8-11(9-10)14(2)3/h4-5,7-9,12H,1,6,13H2,2-3H3/t12-/m1/s1. The molecule has 0 aromatic heterocycles. The third-order valence-electron chi connectivity index (χ3n) is 2.24. The molecule has 2 N–H and O–H groups in total. The van der Waals surface area contributed by atoms with Crippen molar-refractivity contribution in [2.24, 2.45) is 5.73 Å². The van der Waals surface area contributed by atoms with Crippen LogP contribution in [0, 0.1) is 0 Å². The van der Waals surface area contributed by atoms with E-state index >= 15 is 0 Å². The van der Waals surface area contributed by atoms with Gasteiger partial charge in [0.25, 0.3) is 0 Å². The summed E-state index contributed by atoms with van der Waals surface area (Å²) in [6.45, 7) is 3.69. The number of hydrogen-bond acceptors (Lipinski definition) is 2. The first kappa shape index (κ1) is 10.8. The monoisotopic (exact) mass is 190 g/mol. The minimum absolute atomic E-state index is 0.0624. The molecule has 1 atom stereocenters. The van der Waals surface area contributed by atoms with Crippen molar-refractivity contribution >= 4 is 5.69 Å². The Morgan fingerprint density at radius 1 is 1.50 bits per heavy atom. The van der Waals surface area contributed by atoms with Gasteiger partial charge in [-0.25, -0.2) is 0 Å². The smallest absolute Gasteiger partial charge is 0.0364 e. The first-order valence-corrected chi connectivity index (χ1v) is 4.79. The number of rotatable bonds is 4. The fourth-order valence-electron chi connectivity index (χ4n) is 1.35. The molecule has 14 heavy (non-hydrogen) atoms. The Balaban J connectivity index is 2.87. The summed E-state index contributed by atoms with van der Waals surface area (Å²) in [6, 6.07) is 8.35. The number of nitrogens with two attached hydrogens (primary N) is 1. The number of anilines is 1. The highest BCUT2D eigenvalue weighted by Gasteiger charge is 2.04. The lowest BCUT2D eigenvalue weighted by Gasteiger charge is -2.16. The van der Waals surface area contributed by atoms with Crippen LogP contribution in [0.3, 0.4) is 0 Å². The normalized spacial score (nSPS) is 12.2.